The van der Waals surface area contributed by atoms with Gasteiger partial charge in [-0.05, 0) is 41.9 Å². The van der Waals surface area contributed by atoms with Crippen molar-refractivity contribution in [3.05, 3.63) is 39.6 Å². The first kappa shape index (κ1) is 15.5. The average molecular weight is 400 g/mol. The van der Waals surface area contributed by atoms with Crippen molar-refractivity contribution in [1.29, 1.82) is 0 Å². The topological polar surface area (TPSA) is 59.8 Å². The van der Waals surface area contributed by atoms with E-state index in [4.69, 9.17) is 11.6 Å². The molecule has 0 saturated carbocycles. The smallest absolute Gasteiger partial charge is 0.250 e. The van der Waals surface area contributed by atoms with Gasteiger partial charge in [-0.25, -0.2) is 4.98 Å². The number of hydrogen-bond acceptors (Lipinski definition) is 4. The molecule has 22 heavy (non-hydrogen) atoms. The van der Waals surface area contributed by atoms with E-state index in [1.54, 1.807) is 23.9 Å². The molecule has 0 saturated heterocycles. The lowest BCUT2D eigenvalue weighted by Gasteiger charge is -2.13. The maximum absolute atomic E-state index is 12.4. The predicted molar refractivity (Wildman–Crippen MR) is 92.6 cm³/mol. The number of aromatic nitrogens is 3. The molecular formula is C14H12BrClN4OS. The van der Waals surface area contributed by atoms with Crippen LogP contribution in [-0.4, -0.2) is 20.7 Å². The van der Waals surface area contributed by atoms with Gasteiger partial charge in [-0.2, -0.15) is 5.10 Å². The van der Waals surface area contributed by atoms with E-state index < -0.39 is 6.04 Å². The van der Waals surface area contributed by atoms with E-state index in [-0.39, 0.29) is 5.91 Å². The highest BCUT2D eigenvalue weighted by Crippen LogP contribution is 2.31. The largest absolute Gasteiger partial charge is 0.300 e. The second-order valence-electron chi connectivity index (χ2n) is 4.79. The molecule has 2 aromatic heterocycles. The molecule has 1 atom stereocenters. The standard InChI is InChI=1S/C14H12BrClN4OS/c1-7-9(15)6-17-20(7)8(2)13(21)19-14-18-12-10(16)4-3-5-11(12)22-14/h3-6,8H,1-2H3,(H,18,19,21). The Morgan fingerprint density at radius 1 is 1.50 bits per heavy atom. The first-order chi connectivity index (χ1) is 10.5. The van der Waals surface area contributed by atoms with Gasteiger partial charge < -0.3 is 5.32 Å². The lowest BCUT2D eigenvalue weighted by atomic mass is 10.3. The third-order valence-electron chi connectivity index (χ3n) is 3.33. The lowest BCUT2D eigenvalue weighted by Crippen LogP contribution is -2.25. The molecule has 0 spiro atoms. The van der Waals surface area contributed by atoms with E-state index in [1.165, 1.54) is 11.3 Å². The van der Waals surface area contributed by atoms with E-state index in [2.05, 4.69) is 31.3 Å². The second kappa shape index (κ2) is 5.98. The Morgan fingerprint density at radius 2 is 2.27 bits per heavy atom. The van der Waals surface area contributed by atoms with Crippen molar-refractivity contribution in [2.24, 2.45) is 0 Å². The summed E-state index contributed by atoms with van der Waals surface area (Å²) in [4.78, 5) is 16.8. The first-order valence-electron chi connectivity index (χ1n) is 6.53. The number of halogens is 2. The van der Waals surface area contributed by atoms with Crippen molar-refractivity contribution in [3.8, 4) is 0 Å². The molecule has 5 nitrogen and oxygen atoms in total. The van der Waals surface area contributed by atoms with Crippen LogP contribution in [-0.2, 0) is 4.79 Å². The summed E-state index contributed by atoms with van der Waals surface area (Å²) in [7, 11) is 0. The number of hydrogen-bond donors (Lipinski definition) is 1. The summed E-state index contributed by atoms with van der Waals surface area (Å²) in [6, 6.07) is 5.13. The fourth-order valence-corrected chi connectivity index (χ4v) is 3.52. The van der Waals surface area contributed by atoms with Gasteiger partial charge in [-0.3, -0.25) is 9.48 Å². The molecule has 0 radical (unpaired) electrons. The number of nitrogens with one attached hydrogen (secondary N) is 1. The number of para-hydroxylation sites is 1. The van der Waals surface area contributed by atoms with Crippen LogP contribution in [0.5, 0.6) is 0 Å². The molecule has 1 amide bonds. The SMILES string of the molecule is Cc1c(Br)cnn1C(C)C(=O)Nc1nc2c(Cl)cccc2s1. The van der Waals surface area contributed by atoms with Gasteiger partial charge >= 0.3 is 0 Å². The number of nitrogens with zero attached hydrogens (tertiary/aromatic N) is 3. The number of thiazole rings is 1. The molecule has 3 aromatic rings. The molecule has 8 heteroatoms. The Hall–Kier alpha value is -1.44. The van der Waals surface area contributed by atoms with Crippen molar-refractivity contribution < 1.29 is 4.79 Å². The van der Waals surface area contributed by atoms with E-state index in [9.17, 15) is 4.79 Å². The molecule has 1 unspecified atom stereocenters. The van der Waals surface area contributed by atoms with Crippen molar-refractivity contribution >= 4 is 60.1 Å². The zero-order chi connectivity index (χ0) is 15.9. The molecule has 114 valence electrons. The summed E-state index contributed by atoms with van der Waals surface area (Å²) in [5.74, 6) is -0.172. The number of carbonyl (C=O) groups is 1. The zero-order valence-electron chi connectivity index (χ0n) is 11.8. The molecule has 0 fully saturated rings. The van der Waals surface area contributed by atoms with Crippen LogP contribution in [0.1, 0.15) is 18.7 Å². The fraction of sp³-hybridized carbons (Fsp3) is 0.214. The number of carbonyl (C=O) groups excluding carboxylic acids is 1. The minimum atomic E-state index is -0.436. The Morgan fingerprint density at radius 3 is 2.91 bits per heavy atom. The van der Waals surface area contributed by atoms with Gasteiger partial charge in [-0.15, -0.1) is 0 Å². The highest BCUT2D eigenvalue weighted by molar-refractivity contribution is 9.10. The van der Waals surface area contributed by atoms with Gasteiger partial charge in [0.2, 0.25) is 0 Å². The van der Waals surface area contributed by atoms with Crippen LogP contribution in [0.2, 0.25) is 5.02 Å². The van der Waals surface area contributed by atoms with Crippen LogP contribution >= 0.6 is 38.9 Å². The van der Waals surface area contributed by atoms with Crippen LogP contribution in [0.15, 0.2) is 28.9 Å². The van der Waals surface area contributed by atoms with Gasteiger partial charge in [0.05, 0.1) is 26.1 Å². The molecule has 0 aliphatic heterocycles. The Bertz CT molecular complexity index is 860. The summed E-state index contributed by atoms with van der Waals surface area (Å²) in [6.45, 7) is 3.69. The molecule has 0 aliphatic carbocycles. The highest BCUT2D eigenvalue weighted by atomic mass is 79.9. The monoisotopic (exact) mass is 398 g/mol. The number of amides is 1. The Kier molecular flexibility index (Phi) is 4.20. The van der Waals surface area contributed by atoms with Gasteiger partial charge in [-0.1, -0.05) is 29.0 Å². The third-order valence-corrected chi connectivity index (χ3v) is 5.35. The van der Waals surface area contributed by atoms with Gasteiger partial charge in [0.15, 0.2) is 5.13 Å². The summed E-state index contributed by atoms with van der Waals surface area (Å²) in [6.07, 6.45) is 1.68. The molecule has 1 aromatic carbocycles. The maximum atomic E-state index is 12.4. The lowest BCUT2D eigenvalue weighted by molar-refractivity contribution is -0.119. The van der Waals surface area contributed by atoms with Crippen LogP contribution in [0.3, 0.4) is 0 Å². The van der Waals surface area contributed by atoms with Gasteiger partial charge in [0, 0.05) is 0 Å². The molecular weight excluding hydrogens is 388 g/mol. The number of rotatable bonds is 3. The van der Waals surface area contributed by atoms with Crippen LogP contribution in [0.4, 0.5) is 5.13 Å². The molecule has 1 N–H and O–H groups in total. The van der Waals surface area contributed by atoms with E-state index >= 15 is 0 Å². The minimum Gasteiger partial charge on any atom is -0.300 e. The number of fused-ring (bicyclic) bond motifs is 1. The molecule has 3 rings (SSSR count). The van der Waals surface area contributed by atoms with Crippen molar-refractivity contribution in [3.63, 3.8) is 0 Å². The summed E-state index contributed by atoms with van der Waals surface area (Å²) in [5, 5.41) is 8.14. The van der Waals surface area contributed by atoms with Gasteiger partial charge in [0.25, 0.3) is 5.91 Å². The van der Waals surface area contributed by atoms with Gasteiger partial charge in [0.1, 0.15) is 11.6 Å². The van der Waals surface area contributed by atoms with Crippen molar-refractivity contribution in [2.75, 3.05) is 5.32 Å². The fourth-order valence-electron chi connectivity index (χ4n) is 2.08. The van der Waals surface area contributed by atoms with Crippen LogP contribution in [0, 0.1) is 6.92 Å². The molecule has 2 heterocycles. The maximum Gasteiger partial charge on any atom is 0.250 e. The highest BCUT2D eigenvalue weighted by Gasteiger charge is 2.20. The van der Waals surface area contributed by atoms with E-state index in [0.29, 0.717) is 15.7 Å². The zero-order valence-corrected chi connectivity index (χ0v) is 15.0. The van der Waals surface area contributed by atoms with Crippen molar-refractivity contribution in [2.45, 2.75) is 19.9 Å². The third kappa shape index (κ3) is 2.76. The quantitative estimate of drug-likeness (QED) is 0.709. The minimum absolute atomic E-state index is 0.172. The van der Waals surface area contributed by atoms with Crippen LogP contribution < -0.4 is 5.32 Å². The number of anilines is 1. The second-order valence-corrected chi connectivity index (χ2v) is 7.09. The average Bonchev–Trinajstić information content (AvgIpc) is 3.04. The summed E-state index contributed by atoms with van der Waals surface area (Å²) in [5.41, 5.74) is 1.60. The predicted octanol–water partition coefficient (Wildman–Crippen LogP) is 4.42. The normalized spacial score (nSPS) is 12.5. The van der Waals surface area contributed by atoms with E-state index in [0.717, 1.165) is 14.9 Å². The first-order valence-corrected chi connectivity index (χ1v) is 8.51. The number of benzene rings is 1. The Labute approximate surface area is 144 Å². The summed E-state index contributed by atoms with van der Waals surface area (Å²) < 4.78 is 3.48. The molecule has 0 aliphatic rings. The molecule has 0 bridgehead atoms. The van der Waals surface area contributed by atoms with Crippen molar-refractivity contribution in [1.82, 2.24) is 14.8 Å². The Balaban J connectivity index is 1.83. The summed E-state index contributed by atoms with van der Waals surface area (Å²) >= 11 is 10.9. The van der Waals surface area contributed by atoms with Crippen LogP contribution in [0.25, 0.3) is 10.2 Å². The van der Waals surface area contributed by atoms with E-state index in [1.807, 2.05) is 19.1 Å².